The second-order valence-corrected chi connectivity index (χ2v) is 10.1. The number of piperazine rings is 1. The Morgan fingerprint density at radius 2 is 1.83 bits per heavy atom. The van der Waals surface area contributed by atoms with Crippen LogP contribution >= 0.6 is 36.2 Å². The van der Waals surface area contributed by atoms with E-state index in [1.165, 1.54) is 0 Å². The third-order valence-electron chi connectivity index (χ3n) is 6.94. The van der Waals surface area contributed by atoms with Crippen LogP contribution in [0.15, 0.2) is 35.4 Å². The molecule has 196 valence electrons. The first-order chi connectivity index (χ1) is 16.5. The van der Waals surface area contributed by atoms with Gasteiger partial charge in [-0.1, -0.05) is 12.1 Å². The van der Waals surface area contributed by atoms with Crippen LogP contribution in [-0.4, -0.2) is 71.6 Å². The van der Waals surface area contributed by atoms with Crippen molar-refractivity contribution in [2.45, 2.75) is 32.9 Å². The molecule has 2 aliphatic heterocycles. The number of para-hydroxylation sites is 2. The van der Waals surface area contributed by atoms with E-state index in [-0.39, 0.29) is 36.3 Å². The summed E-state index contributed by atoms with van der Waals surface area (Å²) in [6.45, 7) is 8.40. The van der Waals surface area contributed by atoms with E-state index >= 15 is 0 Å². The van der Waals surface area contributed by atoms with Crippen LogP contribution in [0.4, 0.5) is 5.69 Å². The molecule has 5 rings (SSSR count). The predicted molar refractivity (Wildman–Crippen MR) is 149 cm³/mol. The molecule has 0 bridgehead atoms. The van der Waals surface area contributed by atoms with Gasteiger partial charge in [0.15, 0.2) is 0 Å². The summed E-state index contributed by atoms with van der Waals surface area (Å²) in [6.07, 6.45) is 3.33. The molecule has 0 atom stereocenters. The van der Waals surface area contributed by atoms with Gasteiger partial charge in [0.25, 0.3) is 5.56 Å². The van der Waals surface area contributed by atoms with Crippen molar-refractivity contribution in [2.75, 3.05) is 51.3 Å². The molecule has 11 heteroatoms. The van der Waals surface area contributed by atoms with Gasteiger partial charge >= 0.3 is 0 Å². The molecular formula is C25H33Cl2N5O3S. The number of fused-ring (bicyclic) bond motifs is 3. The van der Waals surface area contributed by atoms with Crippen LogP contribution in [-0.2, 0) is 24.3 Å². The Bertz CT molecular complexity index is 1260. The van der Waals surface area contributed by atoms with E-state index in [0.29, 0.717) is 19.6 Å². The number of nitrogens with zero attached hydrogens (tertiary/aromatic N) is 5. The number of benzene rings is 1. The fourth-order valence-corrected chi connectivity index (χ4v) is 6.21. The number of amides is 1. The molecular weight excluding hydrogens is 521 g/mol. The van der Waals surface area contributed by atoms with E-state index in [9.17, 15) is 9.59 Å². The summed E-state index contributed by atoms with van der Waals surface area (Å²) in [4.78, 5) is 38.2. The van der Waals surface area contributed by atoms with Gasteiger partial charge < -0.3 is 14.5 Å². The number of ether oxygens (including phenoxy) is 1. The molecule has 0 radical (unpaired) electrons. The summed E-state index contributed by atoms with van der Waals surface area (Å²) in [6, 6.07) is 8.18. The molecule has 1 amide bonds. The maximum absolute atomic E-state index is 13.2. The van der Waals surface area contributed by atoms with Crippen molar-refractivity contribution in [3.05, 3.63) is 51.4 Å². The van der Waals surface area contributed by atoms with E-state index in [2.05, 4.69) is 26.9 Å². The zero-order chi connectivity index (χ0) is 23.7. The largest absolute Gasteiger partial charge is 0.495 e. The van der Waals surface area contributed by atoms with E-state index in [0.717, 1.165) is 77.7 Å². The number of aryl methyl sites for hydroxylation is 1. The molecule has 3 aromatic rings. The maximum Gasteiger partial charge on any atom is 0.262 e. The third kappa shape index (κ3) is 5.64. The van der Waals surface area contributed by atoms with Crippen LogP contribution in [0.25, 0.3) is 10.2 Å². The van der Waals surface area contributed by atoms with Gasteiger partial charge in [-0.3, -0.25) is 19.1 Å². The first kappa shape index (κ1) is 28.2. The van der Waals surface area contributed by atoms with Gasteiger partial charge in [-0.25, -0.2) is 4.98 Å². The molecule has 0 aliphatic carbocycles. The smallest absolute Gasteiger partial charge is 0.262 e. The van der Waals surface area contributed by atoms with E-state index in [1.54, 1.807) is 36.3 Å². The van der Waals surface area contributed by atoms with Crippen LogP contribution in [0.2, 0.25) is 0 Å². The highest BCUT2D eigenvalue weighted by atomic mass is 35.5. The SMILES string of the molecule is COc1ccccc1N1CCN(CCCn2cnc3sc4c(c3c2=O)CCN(C(C)=O)C4)CC1.Cl.Cl. The van der Waals surface area contributed by atoms with Crippen molar-refractivity contribution in [3.8, 4) is 5.75 Å². The summed E-state index contributed by atoms with van der Waals surface area (Å²) in [5.74, 6) is 1.00. The molecule has 0 saturated carbocycles. The van der Waals surface area contributed by atoms with Crippen LogP contribution in [0.5, 0.6) is 5.75 Å². The monoisotopic (exact) mass is 553 g/mol. The number of hydrogen-bond acceptors (Lipinski definition) is 7. The first-order valence-corrected chi connectivity index (χ1v) is 12.7. The van der Waals surface area contributed by atoms with Crippen molar-refractivity contribution in [1.82, 2.24) is 19.4 Å². The number of rotatable bonds is 6. The van der Waals surface area contributed by atoms with Gasteiger partial charge in [-0.2, -0.15) is 0 Å². The van der Waals surface area contributed by atoms with Crippen molar-refractivity contribution >= 4 is 58.0 Å². The molecule has 1 saturated heterocycles. The number of halogens is 2. The summed E-state index contributed by atoms with van der Waals surface area (Å²) in [5, 5.41) is 0.760. The third-order valence-corrected chi connectivity index (χ3v) is 8.07. The Hall–Kier alpha value is -2.33. The molecule has 0 spiro atoms. The second-order valence-electron chi connectivity index (χ2n) is 8.97. The van der Waals surface area contributed by atoms with E-state index < -0.39 is 0 Å². The van der Waals surface area contributed by atoms with E-state index in [4.69, 9.17) is 4.74 Å². The first-order valence-electron chi connectivity index (χ1n) is 11.9. The quantitative estimate of drug-likeness (QED) is 0.465. The molecule has 1 fully saturated rings. The average Bonchev–Trinajstić information content (AvgIpc) is 3.24. The number of carbonyl (C=O) groups is 1. The average molecular weight is 555 g/mol. The van der Waals surface area contributed by atoms with Gasteiger partial charge in [0, 0.05) is 51.1 Å². The van der Waals surface area contributed by atoms with Gasteiger partial charge in [-0.05, 0) is 37.1 Å². The minimum absolute atomic E-state index is 0. The van der Waals surface area contributed by atoms with Gasteiger partial charge in [0.2, 0.25) is 5.91 Å². The van der Waals surface area contributed by atoms with E-state index in [1.807, 2.05) is 17.0 Å². The topological polar surface area (TPSA) is 70.9 Å². The molecule has 2 aromatic heterocycles. The molecule has 0 unspecified atom stereocenters. The minimum Gasteiger partial charge on any atom is -0.495 e. The summed E-state index contributed by atoms with van der Waals surface area (Å²) >= 11 is 1.55. The van der Waals surface area contributed by atoms with Crippen molar-refractivity contribution in [1.29, 1.82) is 0 Å². The summed E-state index contributed by atoms with van der Waals surface area (Å²) in [7, 11) is 1.72. The number of anilines is 1. The molecule has 4 heterocycles. The van der Waals surface area contributed by atoms with Crippen LogP contribution in [0, 0.1) is 0 Å². The molecule has 0 N–H and O–H groups in total. The number of carbonyl (C=O) groups excluding carboxylic acids is 1. The lowest BCUT2D eigenvalue weighted by Gasteiger charge is -2.36. The minimum atomic E-state index is 0. The summed E-state index contributed by atoms with van der Waals surface area (Å²) in [5.41, 5.74) is 2.30. The zero-order valence-electron chi connectivity index (χ0n) is 20.6. The van der Waals surface area contributed by atoms with Crippen molar-refractivity contribution < 1.29 is 9.53 Å². The molecule has 8 nitrogen and oxygen atoms in total. The number of thiophene rings is 1. The zero-order valence-corrected chi connectivity index (χ0v) is 23.1. The molecule has 2 aliphatic rings. The van der Waals surface area contributed by atoms with Crippen LogP contribution in [0.3, 0.4) is 0 Å². The fourth-order valence-electron chi connectivity index (χ4n) is 5.01. The fraction of sp³-hybridized carbons (Fsp3) is 0.480. The maximum atomic E-state index is 13.2. The Morgan fingerprint density at radius 1 is 1.08 bits per heavy atom. The lowest BCUT2D eigenvalue weighted by Crippen LogP contribution is -2.46. The van der Waals surface area contributed by atoms with Gasteiger partial charge in [-0.15, -0.1) is 36.2 Å². The molecule has 1 aromatic carbocycles. The predicted octanol–water partition coefficient (Wildman–Crippen LogP) is 3.43. The van der Waals surface area contributed by atoms with Crippen LogP contribution < -0.4 is 15.2 Å². The summed E-state index contributed by atoms with van der Waals surface area (Å²) < 4.78 is 7.28. The van der Waals surface area contributed by atoms with Gasteiger partial charge in [0.05, 0.1) is 31.1 Å². The Labute approximate surface area is 227 Å². The van der Waals surface area contributed by atoms with Crippen molar-refractivity contribution in [3.63, 3.8) is 0 Å². The Balaban J connectivity index is 0.00000180. The molecule has 36 heavy (non-hydrogen) atoms. The number of hydrogen-bond donors (Lipinski definition) is 0. The Kier molecular flexibility index (Phi) is 9.63. The van der Waals surface area contributed by atoms with Crippen LogP contribution in [0.1, 0.15) is 23.8 Å². The lowest BCUT2D eigenvalue weighted by molar-refractivity contribution is -0.129. The van der Waals surface area contributed by atoms with Gasteiger partial charge in [0.1, 0.15) is 10.6 Å². The number of aromatic nitrogens is 2. The second kappa shape index (κ2) is 12.3. The highest BCUT2D eigenvalue weighted by Gasteiger charge is 2.25. The Morgan fingerprint density at radius 3 is 2.56 bits per heavy atom. The highest BCUT2D eigenvalue weighted by Crippen LogP contribution is 2.32. The standard InChI is InChI=1S/C25H31N5O3S.2ClH/c1-18(31)29-11-8-19-22(16-29)34-24-23(19)25(32)30(17-26-24)10-5-9-27-12-14-28(15-13-27)20-6-3-4-7-21(20)33-2;;/h3-4,6-7,17H,5,8-16H2,1-2H3;2*1H. The lowest BCUT2D eigenvalue weighted by atomic mass is 10.1. The normalized spacial score (nSPS) is 15.7. The highest BCUT2D eigenvalue weighted by molar-refractivity contribution is 7.18. The van der Waals surface area contributed by atoms with Crippen molar-refractivity contribution in [2.24, 2.45) is 0 Å². The number of methoxy groups -OCH3 is 1.